The number of rotatable bonds is 6. The van der Waals surface area contributed by atoms with E-state index in [0.29, 0.717) is 13.2 Å². The molecule has 0 bridgehead atoms. The minimum Gasteiger partial charge on any atom is -0.494 e. The third-order valence-electron chi connectivity index (χ3n) is 2.77. The summed E-state index contributed by atoms with van der Waals surface area (Å²) in [5.41, 5.74) is 1.27. The van der Waals surface area contributed by atoms with Crippen LogP contribution in [0.2, 0.25) is 0 Å². The molecule has 2 rings (SSSR count). The molecule has 10 heteroatoms. The molecular weight excluding hydrogens is 383 g/mol. The molecule has 0 heterocycles. The van der Waals surface area contributed by atoms with Crippen molar-refractivity contribution < 1.29 is 32.1 Å². The Kier molecular flexibility index (Phi) is 11.7. The topological polar surface area (TPSA) is 66.0 Å². The average molecular weight is 404 g/mol. The zero-order valence-corrected chi connectivity index (χ0v) is 16.0. The van der Waals surface area contributed by atoms with Crippen LogP contribution in [0.25, 0.3) is 0 Å². The highest BCUT2D eigenvalue weighted by atomic mass is 32.2. The molecule has 148 valence electrons. The van der Waals surface area contributed by atoms with Gasteiger partial charge >= 0.3 is 7.25 Å². The smallest absolute Gasteiger partial charge is 0.494 e. The monoisotopic (exact) mass is 404 g/mol. The molecule has 0 aromatic heterocycles. The second kappa shape index (κ2) is 12.9. The molecule has 0 aliphatic heterocycles. The first kappa shape index (κ1) is 24.6. The van der Waals surface area contributed by atoms with Crippen LogP contribution in [0.15, 0.2) is 52.3 Å². The van der Waals surface area contributed by atoms with Gasteiger partial charge in [0.25, 0.3) is 0 Å². The maximum Gasteiger partial charge on any atom is 0.673 e. The van der Waals surface area contributed by atoms with Crippen LogP contribution in [0.3, 0.4) is 0 Å². The third-order valence-corrected chi connectivity index (χ3v) is 3.82. The number of hydrogen-bond acceptors (Lipinski definition) is 4. The molecule has 0 unspecified atom stereocenters. The molecule has 0 spiro atoms. The van der Waals surface area contributed by atoms with Gasteiger partial charge in [0.2, 0.25) is 5.39 Å². The lowest BCUT2D eigenvalue weighted by Crippen LogP contribution is -2.11. The summed E-state index contributed by atoms with van der Waals surface area (Å²) in [6.07, 6.45) is 0. The van der Waals surface area contributed by atoms with Crippen molar-refractivity contribution in [1.82, 2.24) is 0 Å². The van der Waals surface area contributed by atoms with E-state index in [0.717, 1.165) is 16.4 Å². The lowest BCUT2D eigenvalue weighted by molar-refractivity contribution is -0.175. The molecule has 0 radical (unpaired) electrons. The number of diazo groups is 1. The van der Waals surface area contributed by atoms with Crippen molar-refractivity contribution in [3.63, 3.8) is 0 Å². The molecule has 0 saturated heterocycles. The number of nitrogens with one attached hydrogen (secondary N) is 1. The van der Waals surface area contributed by atoms with Gasteiger partial charge in [-0.2, -0.15) is 0 Å². The van der Waals surface area contributed by atoms with Crippen molar-refractivity contribution in [2.75, 3.05) is 13.2 Å². The van der Waals surface area contributed by atoms with Gasteiger partial charge in [0, 0.05) is 4.90 Å². The largest absolute Gasteiger partial charge is 0.673 e. The van der Waals surface area contributed by atoms with Crippen LogP contribution in [-0.4, -0.2) is 20.5 Å². The van der Waals surface area contributed by atoms with E-state index in [1.807, 2.05) is 32.0 Å². The van der Waals surface area contributed by atoms with E-state index >= 15 is 0 Å². The summed E-state index contributed by atoms with van der Waals surface area (Å²) in [5, 5.41) is 11.0. The molecule has 4 nitrogen and oxygen atoms in total. The Morgan fingerprint density at radius 2 is 1.44 bits per heavy atom. The van der Waals surface area contributed by atoms with E-state index in [9.17, 15) is 17.3 Å². The van der Waals surface area contributed by atoms with Crippen LogP contribution in [0.5, 0.6) is 11.5 Å². The van der Waals surface area contributed by atoms with Gasteiger partial charge in [-0.15, -0.1) is 0 Å². The number of halogens is 4. The first-order chi connectivity index (χ1) is 12.7. The zero-order valence-electron chi connectivity index (χ0n) is 15.2. The molecular formula is C17H21BF4N2O2S. The summed E-state index contributed by atoms with van der Waals surface area (Å²) in [6, 6.07) is 14.5. The van der Waals surface area contributed by atoms with Crippen LogP contribution in [0, 0.1) is 12.3 Å². The number of benzene rings is 2. The van der Waals surface area contributed by atoms with Crippen molar-refractivity contribution in [2.45, 2.75) is 30.6 Å². The Labute approximate surface area is 160 Å². The highest BCUT2D eigenvalue weighted by molar-refractivity contribution is 7.99. The number of aryl methyl sites for hydroxylation is 1. The molecule has 0 saturated carbocycles. The predicted octanol–water partition coefficient (Wildman–Crippen LogP) is 4.52. The van der Waals surface area contributed by atoms with E-state index in [1.54, 1.807) is 11.8 Å². The Bertz CT molecular complexity index is 692. The lowest BCUT2D eigenvalue weighted by atomic mass is 10.2. The Morgan fingerprint density at radius 1 is 0.926 bits per heavy atom. The molecule has 0 fully saturated rings. The van der Waals surface area contributed by atoms with Crippen molar-refractivity contribution >= 4 is 19.0 Å². The highest BCUT2D eigenvalue weighted by Crippen LogP contribution is 2.37. The lowest BCUT2D eigenvalue weighted by Gasteiger charge is -2.12. The van der Waals surface area contributed by atoms with Crippen LogP contribution in [0.1, 0.15) is 19.4 Å². The average Bonchev–Trinajstić information content (AvgIpc) is 2.60. The van der Waals surface area contributed by atoms with Gasteiger partial charge in [0.15, 0.2) is 0 Å². The first-order valence-corrected chi connectivity index (χ1v) is 8.78. The quantitative estimate of drug-likeness (QED) is 0.437. The van der Waals surface area contributed by atoms with Gasteiger partial charge in [-0.05, 0) is 51.1 Å². The third kappa shape index (κ3) is 11.8. The zero-order chi connectivity index (χ0) is 20.9. The summed E-state index contributed by atoms with van der Waals surface area (Å²) >= 11 is 1.70. The van der Waals surface area contributed by atoms with Crippen molar-refractivity contribution in [2.24, 2.45) is 0 Å². The standard InChI is InChI=1S/C17H20O2S.BF4.N2/c1-4-18-14-8-11-16(19-5-2)17(12-14)20-15-9-6-13(3)7-10-15;2-1(3,4)5;1-2/h6-12H,4-5H2,1-3H3;;/q;-1;/p+1. The summed E-state index contributed by atoms with van der Waals surface area (Å²) in [5.74, 6) is 1.78. The van der Waals surface area contributed by atoms with Crippen LogP contribution in [0.4, 0.5) is 17.3 Å². The van der Waals surface area contributed by atoms with E-state index in [2.05, 4.69) is 31.2 Å². The highest BCUT2D eigenvalue weighted by Gasteiger charge is 2.20. The van der Waals surface area contributed by atoms with E-state index in [1.165, 1.54) is 10.5 Å². The fourth-order valence-corrected chi connectivity index (χ4v) is 2.76. The molecule has 0 amide bonds. The van der Waals surface area contributed by atoms with Crippen molar-refractivity contribution in [3.8, 4) is 11.5 Å². The fraction of sp³-hybridized carbons (Fsp3) is 0.294. The SMILES string of the molecule is CCOc1ccc(OCC)c(Sc2ccc(C)cc2)c1.F[B-](F)(F)F.N#[NH+]. The summed E-state index contributed by atoms with van der Waals surface area (Å²) in [4.78, 5) is 2.28. The number of hydrogen-bond donors (Lipinski definition) is 1. The molecule has 27 heavy (non-hydrogen) atoms. The maximum absolute atomic E-state index is 9.75. The fourth-order valence-electron chi connectivity index (χ4n) is 1.83. The Balaban J connectivity index is 0.000000838. The van der Waals surface area contributed by atoms with Crippen LogP contribution < -0.4 is 14.9 Å². The van der Waals surface area contributed by atoms with Crippen molar-refractivity contribution in [3.05, 3.63) is 48.0 Å². The Hall–Kier alpha value is -2.41. The summed E-state index contributed by atoms with van der Waals surface area (Å²) in [6.45, 7) is 7.41. The Morgan fingerprint density at radius 3 is 1.93 bits per heavy atom. The van der Waals surface area contributed by atoms with Gasteiger partial charge in [-0.3, -0.25) is 0 Å². The predicted molar refractivity (Wildman–Crippen MR) is 97.0 cm³/mol. The van der Waals surface area contributed by atoms with E-state index < -0.39 is 7.25 Å². The normalized spacial score (nSPS) is 9.96. The summed E-state index contributed by atoms with van der Waals surface area (Å²) in [7, 11) is -6.00. The van der Waals surface area contributed by atoms with Gasteiger partial charge in [0.05, 0.1) is 23.5 Å². The van der Waals surface area contributed by atoms with Gasteiger partial charge < -0.3 is 26.7 Å². The van der Waals surface area contributed by atoms with Gasteiger partial charge in [-0.1, -0.05) is 29.5 Å². The van der Waals surface area contributed by atoms with E-state index in [4.69, 9.17) is 20.3 Å². The van der Waals surface area contributed by atoms with Gasteiger partial charge in [-0.25, -0.2) is 0 Å². The van der Waals surface area contributed by atoms with Gasteiger partial charge in [0.1, 0.15) is 11.5 Å². The minimum atomic E-state index is -6.00. The molecule has 0 aliphatic carbocycles. The molecule has 2 aromatic rings. The molecule has 0 aliphatic rings. The first-order valence-electron chi connectivity index (χ1n) is 7.96. The maximum atomic E-state index is 9.75. The molecule has 2 aromatic carbocycles. The van der Waals surface area contributed by atoms with Crippen LogP contribution >= 0.6 is 11.8 Å². The molecule has 1 N–H and O–H groups in total. The van der Waals surface area contributed by atoms with Crippen LogP contribution in [-0.2, 0) is 0 Å². The number of nitrogens with zero attached hydrogens (tertiary/aromatic N) is 1. The number of ether oxygens (including phenoxy) is 2. The minimum absolute atomic E-state index is 0.662. The van der Waals surface area contributed by atoms with E-state index in [-0.39, 0.29) is 0 Å². The summed E-state index contributed by atoms with van der Waals surface area (Å²) < 4.78 is 50.3. The second-order valence-corrected chi connectivity index (χ2v) is 6.00. The molecule has 0 atom stereocenters. The van der Waals surface area contributed by atoms with Crippen molar-refractivity contribution in [1.29, 1.82) is 5.39 Å². The second-order valence-electron chi connectivity index (χ2n) is 4.88.